The van der Waals surface area contributed by atoms with E-state index in [2.05, 4.69) is 15.6 Å². The van der Waals surface area contributed by atoms with Gasteiger partial charge in [0.25, 0.3) is 0 Å². The summed E-state index contributed by atoms with van der Waals surface area (Å²) in [5, 5.41) is 28.7. The van der Waals surface area contributed by atoms with Gasteiger partial charge in [0.1, 0.15) is 24.1 Å². The number of ether oxygens (including phenoxy) is 1. The Morgan fingerprint density at radius 2 is 1.77 bits per heavy atom. The van der Waals surface area contributed by atoms with E-state index in [-0.39, 0.29) is 41.3 Å². The van der Waals surface area contributed by atoms with Gasteiger partial charge >= 0.3 is 5.97 Å². The van der Waals surface area contributed by atoms with E-state index in [0.717, 1.165) is 0 Å². The molecule has 10 nitrogen and oxygen atoms in total. The molecule has 0 spiro atoms. The van der Waals surface area contributed by atoms with Crippen molar-refractivity contribution >= 4 is 17.7 Å². The Bertz CT molecular complexity index is 965. The second kappa shape index (κ2) is 13.6. The molecule has 1 aromatic carbocycles. The van der Waals surface area contributed by atoms with Crippen LogP contribution in [0.15, 0.2) is 30.5 Å². The fourth-order valence-corrected chi connectivity index (χ4v) is 3.48. The van der Waals surface area contributed by atoms with Gasteiger partial charge < -0.3 is 20.3 Å². The molecule has 1 aromatic heterocycles. The lowest BCUT2D eigenvalue weighted by molar-refractivity contribution is -0.125. The van der Waals surface area contributed by atoms with Crippen molar-refractivity contribution in [1.82, 2.24) is 20.3 Å². The van der Waals surface area contributed by atoms with Crippen LogP contribution in [0.3, 0.4) is 0 Å². The number of nitrogens with zero attached hydrogens (tertiary/aromatic N) is 3. The Balaban J connectivity index is 0.000000471. The van der Waals surface area contributed by atoms with Gasteiger partial charge in [0.05, 0.1) is 17.9 Å². The van der Waals surface area contributed by atoms with E-state index in [1.54, 1.807) is 30.1 Å². The molecule has 0 unspecified atom stereocenters. The fraction of sp³-hybridized carbons (Fsp3) is 0.560. The minimum Gasteiger partial charge on any atom is -0.487 e. The molecule has 0 saturated heterocycles. The van der Waals surface area contributed by atoms with Crippen molar-refractivity contribution < 1.29 is 29.3 Å². The van der Waals surface area contributed by atoms with Gasteiger partial charge in [0.15, 0.2) is 5.78 Å². The van der Waals surface area contributed by atoms with Crippen LogP contribution in [0.2, 0.25) is 0 Å². The Hall–Kier alpha value is -3.27. The maximum Gasteiger partial charge on any atom is 0.335 e. The fourth-order valence-electron chi connectivity index (χ4n) is 3.48. The number of carbonyl (C=O) groups is 3. The number of benzene rings is 1. The molecule has 0 aliphatic heterocycles. The maximum atomic E-state index is 11.9. The standard InChI is InChI=1S/C17H21N3O4.C8H17NO2/c1-11(21)15(17(2,3)4)20-9-13(18-19-20)10-24-14-7-5-12(6-8-14)16(22)23;1-4-7(10)5-6(2)8(11)9-3/h5-9,15H,10H2,1-4H3,(H,22,23);6-7,10H,4-5H2,1-3H3,(H,9,11)/t15-;6-,7-/m10/s1. The quantitative estimate of drug-likeness (QED) is 0.460. The van der Waals surface area contributed by atoms with Crippen LogP contribution in [-0.2, 0) is 16.2 Å². The van der Waals surface area contributed by atoms with Gasteiger partial charge in [-0.2, -0.15) is 0 Å². The number of aromatic nitrogens is 3. The Kier molecular flexibility index (Phi) is 11.5. The summed E-state index contributed by atoms with van der Waals surface area (Å²) in [5.41, 5.74) is 0.514. The molecule has 0 radical (unpaired) electrons. The monoisotopic (exact) mass is 490 g/mol. The molecule has 2 rings (SSSR count). The summed E-state index contributed by atoms with van der Waals surface area (Å²) in [6.07, 6.45) is 2.61. The van der Waals surface area contributed by atoms with Gasteiger partial charge in [-0.05, 0) is 49.4 Å². The summed E-state index contributed by atoms with van der Waals surface area (Å²) in [6.45, 7) is 11.4. The number of aliphatic hydroxyl groups excluding tert-OH is 1. The molecular formula is C25H38N4O6. The summed E-state index contributed by atoms with van der Waals surface area (Å²) < 4.78 is 7.14. The van der Waals surface area contributed by atoms with Gasteiger partial charge in [0, 0.05) is 13.0 Å². The second-order valence-corrected chi connectivity index (χ2v) is 9.50. The molecule has 3 atom stereocenters. The summed E-state index contributed by atoms with van der Waals surface area (Å²) in [5.74, 6) is -0.521. The number of hydrogen-bond donors (Lipinski definition) is 3. The Morgan fingerprint density at radius 3 is 2.23 bits per heavy atom. The minimum atomic E-state index is -0.984. The summed E-state index contributed by atoms with van der Waals surface area (Å²) in [7, 11) is 1.61. The van der Waals surface area contributed by atoms with E-state index in [1.807, 2.05) is 34.6 Å². The van der Waals surface area contributed by atoms with Gasteiger partial charge in [-0.25, -0.2) is 9.48 Å². The van der Waals surface area contributed by atoms with Crippen LogP contribution in [-0.4, -0.2) is 56.0 Å². The molecule has 1 heterocycles. The van der Waals surface area contributed by atoms with Crippen molar-refractivity contribution in [3.63, 3.8) is 0 Å². The summed E-state index contributed by atoms with van der Waals surface area (Å²) in [6, 6.07) is 5.72. The van der Waals surface area contributed by atoms with Crippen molar-refractivity contribution in [1.29, 1.82) is 0 Å². The number of aromatic carboxylic acids is 1. The number of amides is 1. The Morgan fingerprint density at radius 1 is 1.17 bits per heavy atom. The highest BCUT2D eigenvalue weighted by molar-refractivity contribution is 5.87. The van der Waals surface area contributed by atoms with Crippen LogP contribution in [0.1, 0.15) is 76.5 Å². The molecule has 194 valence electrons. The molecule has 2 aromatic rings. The molecule has 10 heteroatoms. The number of carboxylic acid groups (broad SMARTS) is 1. The molecule has 0 saturated carbocycles. The van der Waals surface area contributed by atoms with E-state index in [0.29, 0.717) is 24.3 Å². The number of ketones is 1. The average molecular weight is 491 g/mol. The van der Waals surface area contributed by atoms with Crippen LogP contribution in [0, 0.1) is 11.3 Å². The number of carbonyl (C=O) groups excluding carboxylic acids is 2. The smallest absolute Gasteiger partial charge is 0.335 e. The van der Waals surface area contributed by atoms with Crippen LogP contribution < -0.4 is 10.1 Å². The molecular weight excluding hydrogens is 452 g/mol. The predicted octanol–water partition coefficient (Wildman–Crippen LogP) is 3.26. The number of aliphatic hydroxyl groups is 1. The zero-order valence-corrected chi connectivity index (χ0v) is 21.6. The SMILES string of the molecule is CC(=O)[C@@H](n1cc(COc2ccc(C(=O)O)cc2)nn1)C(C)(C)C.CC[C@H](O)C[C@H](C)C(=O)NC. The first kappa shape index (κ1) is 29.8. The van der Waals surface area contributed by atoms with E-state index < -0.39 is 12.0 Å². The van der Waals surface area contributed by atoms with Crippen LogP contribution in [0.4, 0.5) is 0 Å². The third kappa shape index (κ3) is 9.86. The van der Waals surface area contributed by atoms with Crippen molar-refractivity contribution in [2.45, 2.75) is 73.1 Å². The van der Waals surface area contributed by atoms with Crippen molar-refractivity contribution in [3.05, 3.63) is 41.7 Å². The van der Waals surface area contributed by atoms with E-state index >= 15 is 0 Å². The van der Waals surface area contributed by atoms with Crippen LogP contribution in [0.25, 0.3) is 0 Å². The first-order valence-corrected chi connectivity index (χ1v) is 11.6. The highest BCUT2D eigenvalue weighted by Gasteiger charge is 2.31. The molecule has 0 bridgehead atoms. The van der Waals surface area contributed by atoms with Gasteiger partial charge in [-0.3, -0.25) is 9.59 Å². The number of carboxylic acids is 1. The molecule has 0 aliphatic rings. The van der Waals surface area contributed by atoms with E-state index in [9.17, 15) is 19.5 Å². The van der Waals surface area contributed by atoms with Crippen LogP contribution >= 0.6 is 0 Å². The lowest BCUT2D eigenvalue weighted by atomic mass is 9.84. The lowest BCUT2D eigenvalue weighted by Crippen LogP contribution is -2.30. The largest absolute Gasteiger partial charge is 0.487 e. The maximum absolute atomic E-state index is 11.9. The topological polar surface area (TPSA) is 144 Å². The highest BCUT2D eigenvalue weighted by Crippen LogP contribution is 2.30. The first-order valence-electron chi connectivity index (χ1n) is 11.6. The highest BCUT2D eigenvalue weighted by atomic mass is 16.5. The molecule has 0 fully saturated rings. The third-order valence-electron chi connectivity index (χ3n) is 5.31. The lowest BCUT2D eigenvalue weighted by Gasteiger charge is -2.28. The van der Waals surface area contributed by atoms with Crippen molar-refractivity contribution in [3.8, 4) is 5.75 Å². The van der Waals surface area contributed by atoms with Gasteiger partial charge in [0.2, 0.25) is 5.91 Å². The normalized spacial score (nSPS) is 13.6. The van der Waals surface area contributed by atoms with E-state index in [1.165, 1.54) is 19.1 Å². The summed E-state index contributed by atoms with van der Waals surface area (Å²) in [4.78, 5) is 33.6. The summed E-state index contributed by atoms with van der Waals surface area (Å²) >= 11 is 0. The molecule has 35 heavy (non-hydrogen) atoms. The molecule has 0 aliphatic carbocycles. The van der Waals surface area contributed by atoms with Crippen molar-refractivity contribution in [2.75, 3.05) is 7.05 Å². The molecule has 3 N–H and O–H groups in total. The Labute approximate surface area is 206 Å². The van der Waals surface area contributed by atoms with E-state index in [4.69, 9.17) is 9.84 Å². The number of Topliss-reactive ketones (excluding diaryl/α,β-unsaturated/α-hetero) is 1. The predicted molar refractivity (Wildman–Crippen MR) is 131 cm³/mol. The van der Waals surface area contributed by atoms with Crippen molar-refractivity contribution in [2.24, 2.45) is 11.3 Å². The zero-order chi connectivity index (χ0) is 26.8. The first-order chi connectivity index (χ1) is 16.3. The second-order valence-electron chi connectivity index (χ2n) is 9.50. The third-order valence-corrected chi connectivity index (χ3v) is 5.31. The molecule has 1 amide bonds. The van der Waals surface area contributed by atoms with Gasteiger partial charge in [-0.1, -0.05) is 39.8 Å². The number of hydrogen-bond acceptors (Lipinski definition) is 7. The van der Waals surface area contributed by atoms with Gasteiger partial charge in [-0.15, -0.1) is 5.10 Å². The number of rotatable bonds is 10. The number of nitrogens with one attached hydrogen (secondary N) is 1. The average Bonchev–Trinajstić information content (AvgIpc) is 3.24. The van der Waals surface area contributed by atoms with Crippen LogP contribution in [0.5, 0.6) is 5.75 Å². The minimum absolute atomic E-state index is 0.00231. The zero-order valence-electron chi connectivity index (χ0n) is 21.6.